The number of carbonyl (C=O) groups excluding carboxylic acids is 2. The van der Waals surface area contributed by atoms with Crippen molar-refractivity contribution in [2.45, 2.75) is 13.0 Å². The first kappa shape index (κ1) is 25.5. The lowest BCUT2D eigenvalue weighted by atomic mass is 10.1. The number of hydrogen-bond donors (Lipinski definition) is 2. The lowest BCUT2D eigenvalue weighted by molar-refractivity contribution is -0.114. The fraction of sp³-hybridized carbons (Fsp3) is 0.161. The molecule has 0 radical (unpaired) electrons. The summed E-state index contributed by atoms with van der Waals surface area (Å²) in [6.45, 7) is 1.16. The molecule has 0 atom stereocenters. The van der Waals surface area contributed by atoms with Gasteiger partial charge in [0, 0.05) is 43.0 Å². The second-order valence-electron chi connectivity index (χ2n) is 8.74. The second-order valence-corrected chi connectivity index (χ2v) is 8.74. The van der Waals surface area contributed by atoms with Crippen molar-refractivity contribution in [3.63, 3.8) is 0 Å². The molecule has 0 aromatic heterocycles. The molecule has 188 valence electrons. The van der Waals surface area contributed by atoms with Crippen molar-refractivity contribution >= 4 is 23.2 Å². The Hall–Kier alpha value is -4.58. The first-order valence-corrected chi connectivity index (χ1v) is 12.3. The lowest BCUT2D eigenvalue weighted by Gasteiger charge is -2.18. The first-order valence-electron chi connectivity index (χ1n) is 12.3. The molecule has 0 saturated heterocycles. The highest BCUT2D eigenvalue weighted by atomic mass is 16.5. The van der Waals surface area contributed by atoms with Gasteiger partial charge in [0.1, 0.15) is 5.75 Å². The molecule has 4 aromatic carbocycles. The maximum Gasteiger partial charge on any atom is 0.253 e. The molecule has 0 bridgehead atoms. The van der Waals surface area contributed by atoms with E-state index >= 15 is 0 Å². The lowest BCUT2D eigenvalue weighted by Crippen LogP contribution is -2.26. The Morgan fingerprint density at radius 1 is 0.757 bits per heavy atom. The van der Waals surface area contributed by atoms with Crippen molar-refractivity contribution < 1.29 is 14.3 Å². The van der Waals surface area contributed by atoms with E-state index in [4.69, 9.17) is 4.74 Å². The minimum atomic E-state index is -0.211. The van der Waals surface area contributed by atoms with Gasteiger partial charge in [-0.3, -0.25) is 9.59 Å². The van der Waals surface area contributed by atoms with Gasteiger partial charge >= 0.3 is 0 Å². The molecule has 2 N–H and O–H groups in total. The SMILES string of the molecule is CN(Cc1ccccc1)C(=O)c1cccc(NC(=O)CNc2cccc(OCCc3ccccc3)c2)c1. The molecule has 6 heteroatoms. The summed E-state index contributed by atoms with van der Waals surface area (Å²) >= 11 is 0. The normalized spacial score (nSPS) is 10.4. The van der Waals surface area contributed by atoms with Crippen LogP contribution in [0.3, 0.4) is 0 Å². The number of benzene rings is 4. The average molecular weight is 494 g/mol. The largest absolute Gasteiger partial charge is 0.493 e. The number of carbonyl (C=O) groups is 2. The van der Waals surface area contributed by atoms with Crippen LogP contribution in [0.4, 0.5) is 11.4 Å². The minimum Gasteiger partial charge on any atom is -0.493 e. The number of rotatable bonds is 11. The van der Waals surface area contributed by atoms with Gasteiger partial charge in [-0.05, 0) is 41.5 Å². The fourth-order valence-corrected chi connectivity index (χ4v) is 3.89. The third kappa shape index (κ3) is 7.97. The van der Waals surface area contributed by atoms with E-state index in [2.05, 4.69) is 22.8 Å². The summed E-state index contributed by atoms with van der Waals surface area (Å²) in [5.41, 5.74) is 4.16. The highest BCUT2D eigenvalue weighted by molar-refractivity contribution is 5.98. The number of anilines is 2. The molecule has 0 unspecified atom stereocenters. The van der Waals surface area contributed by atoms with Crippen molar-refractivity contribution in [2.24, 2.45) is 0 Å². The van der Waals surface area contributed by atoms with Gasteiger partial charge < -0.3 is 20.3 Å². The zero-order valence-electron chi connectivity index (χ0n) is 20.9. The smallest absolute Gasteiger partial charge is 0.253 e. The summed E-state index contributed by atoms with van der Waals surface area (Å²) in [4.78, 5) is 27.1. The topological polar surface area (TPSA) is 70.7 Å². The van der Waals surface area contributed by atoms with Crippen LogP contribution in [0.5, 0.6) is 5.75 Å². The Morgan fingerprint density at radius 2 is 1.43 bits per heavy atom. The van der Waals surface area contributed by atoms with Crippen LogP contribution in [0.2, 0.25) is 0 Å². The number of hydrogen-bond acceptors (Lipinski definition) is 4. The number of nitrogens with zero attached hydrogens (tertiary/aromatic N) is 1. The van der Waals surface area contributed by atoms with Crippen LogP contribution in [0.1, 0.15) is 21.5 Å². The molecule has 2 amide bonds. The van der Waals surface area contributed by atoms with E-state index in [1.165, 1.54) is 5.56 Å². The van der Waals surface area contributed by atoms with E-state index in [9.17, 15) is 9.59 Å². The standard InChI is InChI=1S/C31H31N3O3/c1-34(23-25-12-6-3-7-13-25)31(36)26-14-8-16-28(20-26)33-30(35)22-32-27-15-9-17-29(21-27)37-19-18-24-10-4-2-5-11-24/h2-17,20-21,32H,18-19,22-23H2,1H3,(H,33,35). The van der Waals surface area contributed by atoms with E-state index < -0.39 is 0 Å². The van der Waals surface area contributed by atoms with Crippen LogP contribution in [-0.2, 0) is 17.8 Å². The Kier molecular flexibility index (Phi) is 8.92. The van der Waals surface area contributed by atoms with E-state index in [0.29, 0.717) is 24.4 Å². The summed E-state index contributed by atoms with van der Waals surface area (Å²) in [6, 6.07) is 34.5. The Bertz CT molecular complexity index is 1310. The molecular formula is C31H31N3O3. The van der Waals surface area contributed by atoms with Crippen molar-refractivity contribution in [1.29, 1.82) is 0 Å². The van der Waals surface area contributed by atoms with Crippen molar-refractivity contribution in [3.8, 4) is 5.75 Å². The maximum absolute atomic E-state index is 12.9. The monoisotopic (exact) mass is 493 g/mol. The molecular weight excluding hydrogens is 462 g/mol. The van der Waals surface area contributed by atoms with Gasteiger partial charge in [0.2, 0.25) is 5.91 Å². The van der Waals surface area contributed by atoms with Gasteiger partial charge in [0.15, 0.2) is 0 Å². The van der Waals surface area contributed by atoms with E-state index in [0.717, 1.165) is 23.4 Å². The number of nitrogens with one attached hydrogen (secondary N) is 2. The molecule has 0 spiro atoms. The summed E-state index contributed by atoms with van der Waals surface area (Å²) < 4.78 is 5.87. The van der Waals surface area contributed by atoms with Gasteiger partial charge in [0.05, 0.1) is 13.2 Å². The summed E-state index contributed by atoms with van der Waals surface area (Å²) in [5.74, 6) is 0.423. The quantitative estimate of drug-likeness (QED) is 0.284. The van der Waals surface area contributed by atoms with Crippen LogP contribution in [0, 0.1) is 0 Å². The summed E-state index contributed by atoms with van der Waals surface area (Å²) in [6.07, 6.45) is 0.824. The molecule has 0 aliphatic rings. The third-order valence-corrected chi connectivity index (χ3v) is 5.79. The molecule has 4 rings (SSSR count). The second kappa shape index (κ2) is 12.9. The highest BCUT2D eigenvalue weighted by Crippen LogP contribution is 2.18. The maximum atomic E-state index is 12.9. The van der Waals surface area contributed by atoms with Crippen molar-refractivity contribution in [1.82, 2.24) is 4.90 Å². The fourth-order valence-electron chi connectivity index (χ4n) is 3.89. The van der Waals surface area contributed by atoms with Crippen molar-refractivity contribution in [3.05, 3.63) is 126 Å². The molecule has 0 aliphatic heterocycles. The Labute approximate surface area is 217 Å². The van der Waals surface area contributed by atoms with E-state index in [-0.39, 0.29) is 18.4 Å². The van der Waals surface area contributed by atoms with Crippen LogP contribution in [0.15, 0.2) is 109 Å². The van der Waals surface area contributed by atoms with Crippen LogP contribution < -0.4 is 15.4 Å². The van der Waals surface area contributed by atoms with Crippen LogP contribution in [-0.4, -0.2) is 36.9 Å². The van der Waals surface area contributed by atoms with E-state index in [1.807, 2.05) is 72.8 Å². The predicted octanol–water partition coefficient (Wildman–Crippen LogP) is 5.63. The van der Waals surface area contributed by atoms with Crippen molar-refractivity contribution in [2.75, 3.05) is 30.8 Å². The highest BCUT2D eigenvalue weighted by Gasteiger charge is 2.13. The van der Waals surface area contributed by atoms with Gasteiger partial charge in [-0.1, -0.05) is 72.8 Å². The molecule has 0 fully saturated rings. The third-order valence-electron chi connectivity index (χ3n) is 5.79. The number of amides is 2. The Morgan fingerprint density at radius 3 is 2.19 bits per heavy atom. The summed E-state index contributed by atoms with van der Waals surface area (Å²) in [5, 5.41) is 5.99. The molecule has 0 aliphatic carbocycles. The minimum absolute atomic E-state index is 0.0829. The van der Waals surface area contributed by atoms with Gasteiger partial charge in [-0.15, -0.1) is 0 Å². The Balaban J connectivity index is 1.26. The molecule has 37 heavy (non-hydrogen) atoms. The van der Waals surface area contributed by atoms with E-state index in [1.54, 1.807) is 36.2 Å². The zero-order valence-corrected chi connectivity index (χ0v) is 20.9. The van der Waals surface area contributed by atoms with Gasteiger partial charge in [-0.25, -0.2) is 0 Å². The molecule has 6 nitrogen and oxygen atoms in total. The first-order chi connectivity index (χ1) is 18.1. The molecule has 0 heterocycles. The van der Waals surface area contributed by atoms with Gasteiger partial charge in [0.25, 0.3) is 5.91 Å². The molecule has 0 saturated carbocycles. The molecule has 4 aromatic rings. The van der Waals surface area contributed by atoms with Crippen LogP contribution in [0.25, 0.3) is 0 Å². The number of ether oxygens (including phenoxy) is 1. The average Bonchev–Trinajstić information content (AvgIpc) is 2.93. The summed E-state index contributed by atoms with van der Waals surface area (Å²) in [7, 11) is 1.77. The predicted molar refractivity (Wildman–Crippen MR) is 148 cm³/mol. The zero-order chi connectivity index (χ0) is 25.9. The van der Waals surface area contributed by atoms with Crippen LogP contribution >= 0.6 is 0 Å². The van der Waals surface area contributed by atoms with Gasteiger partial charge in [-0.2, -0.15) is 0 Å².